The lowest BCUT2D eigenvalue weighted by Crippen LogP contribution is -2.55. The second-order valence-electron chi connectivity index (χ2n) is 11.5. The molecule has 3 aromatic rings. The highest BCUT2D eigenvalue weighted by atomic mass is 79.9. The molecule has 0 bridgehead atoms. The van der Waals surface area contributed by atoms with Gasteiger partial charge in [-0.25, -0.2) is 14.3 Å². The molecule has 3 fully saturated rings. The van der Waals surface area contributed by atoms with Gasteiger partial charge in [0.15, 0.2) is 11.0 Å². The topological polar surface area (TPSA) is 141 Å². The van der Waals surface area contributed by atoms with Crippen molar-refractivity contribution in [2.24, 2.45) is 11.8 Å². The summed E-state index contributed by atoms with van der Waals surface area (Å²) in [5.74, 6) is 1.38. The molecule has 1 aliphatic heterocycles. The molecule has 1 saturated heterocycles. The average molecular weight is 697 g/mol. The second kappa shape index (κ2) is 13.5. The summed E-state index contributed by atoms with van der Waals surface area (Å²) >= 11 is 10.8. The maximum absolute atomic E-state index is 14.1. The van der Waals surface area contributed by atoms with E-state index in [2.05, 4.69) is 36.3 Å². The molecule has 2 N–H and O–H groups in total. The third-order valence-electron chi connectivity index (χ3n) is 8.65. The molecule has 15 heteroatoms. The molecule has 3 aliphatic rings. The van der Waals surface area contributed by atoms with Gasteiger partial charge in [0, 0.05) is 42.0 Å². The first kappa shape index (κ1) is 30.9. The van der Waals surface area contributed by atoms with E-state index >= 15 is 0 Å². The zero-order valence-corrected chi connectivity index (χ0v) is 26.9. The zero-order valence-electron chi connectivity index (χ0n) is 23.7. The van der Waals surface area contributed by atoms with Gasteiger partial charge in [-0.3, -0.25) is 4.79 Å². The van der Waals surface area contributed by atoms with Crippen LogP contribution in [0.25, 0.3) is 5.82 Å². The molecule has 4 heterocycles. The summed E-state index contributed by atoms with van der Waals surface area (Å²) in [6.07, 6.45) is 9.12. The van der Waals surface area contributed by atoms with Gasteiger partial charge < -0.3 is 24.6 Å². The van der Waals surface area contributed by atoms with Crippen LogP contribution in [-0.4, -0.2) is 101 Å². The van der Waals surface area contributed by atoms with Gasteiger partial charge in [0.2, 0.25) is 0 Å². The van der Waals surface area contributed by atoms with Crippen molar-refractivity contribution >= 4 is 45.2 Å². The average Bonchev–Trinajstić information content (AvgIpc) is 3.60. The molecule has 0 aromatic carbocycles. The Morgan fingerprint density at radius 3 is 2.56 bits per heavy atom. The maximum atomic E-state index is 14.1. The number of pyridine rings is 1. The van der Waals surface area contributed by atoms with Crippen molar-refractivity contribution in [2.45, 2.75) is 73.2 Å². The Kier molecular flexibility index (Phi) is 9.72. The first-order chi connectivity index (χ1) is 20.8. The van der Waals surface area contributed by atoms with Crippen LogP contribution in [0.4, 0.5) is 0 Å². The van der Waals surface area contributed by atoms with E-state index < -0.39 is 36.4 Å². The molecular weight excluding hydrogens is 662 g/mol. The van der Waals surface area contributed by atoms with Crippen LogP contribution in [0, 0.1) is 11.8 Å². The molecule has 12 nitrogen and oxygen atoms in total. The van der Waals surface area contributed by atoms with Crippen molar-refractivity contribution in [3.63, 3.8) is 0 Å². The first-order valence-corrected chi connectivity index (χ1v) is 16.6. The highest BCUT2D eigenvalue weighted by Crippen LogP contribution is 2.41. The van der Waals surface area contributed by atoms with E-state index in [1.54, 1.807) is 24.7 Å². The number of hydrogen-bond acceptors (Lipinski definition) is 10. The molecule has 2 aliphatic carbocycles. The fourth-order valence-electron chi connectivity index (χ4n) is 5.82. The van der Waals surface area contributed by atoms with Crippen LogP contribution >= 0.6 is 39.3 Å². The SMILES string of the molecule is COC1[C@@H](Sc2cc(Br)cnc2C(=O)N(CC2CCC2)CC2CCC2)OC(CO)[C@H](O)[C@@H]1n1cc(-n2ccc(Cl)n2)nn1. The smallest absolute Gasteiger partial charge is 0.273 e. The summed E-state index contributed by atoms with van der Waals surface area (Å²) in [5, 5.41) is 34.3. The number of ether oxygens (including phenoxy) is 2. The van der Waals surface area contributed by atoms with Crippen LogP contribution in [0.5, 0.6) is 0 Å². The fraction of sp³-hybridized carbons (Fsp3) is 0.607. The predicted octanol–water partition coefficient (Wildman–Crippen LogP) is 3.74. The standard InChI is InChI=1S/C28H35BrClN7O5S/c1-41-26-24(37-14-22(32-34-37)36-9-8-21(30)33-36)25(39)19(15-38)42-28(26)43-20-10-18(29)11-31-23(20)27(40)35(12-16-4-2-5-16)13-17-6-3-7-17/h8-11,14,16-17,19,24-26,28,38-39H,2-7,12-13,15H2,1H3/t19?,24-,25-,26?,28+/m0/s1. The van der Waals surface area contributed by atoms with Gasteiger partial charge in [-0.15, -0.1) is 5.10 Å². The van der Waals surface area contributed by atoms with Gasteiger partial charge in [-0.05, 0) is 65.6 Å². The van der Waals surface area contributed by atoms with Crippen LogP contribution in [0.2, 0.25) is 5.15 Å². The number of halogens is 2. The normalized spacial score (nSPS) is 26.2. The summed E-state index contributed by atoms with van der Waals surface area (Å²) < 4.78 is 15.8. The van der Waals surface area contributed by atoms with Crippen molar-refractivity contribution < 1.29 is 24.5 Å². The summed E-state index contributed by atoms with van der Waals surface area (Å²) in [7, 11) is 1.52. The molecule has 0 radical (unpaired) electrons. The minimum atomic E-state index is -1.16. The van der Waals surface area contributed by atoms with Crippen molar-refractivity contribution in [2.75, 3.05) is 26.8 Å². The molecule has 0 spiro atoms. The van der Waals surface area contributed by atoms with E-state index in [9.17, 15) is 15.0 Å². The molecule has 43 heavy (non-hydrogen) atoms. The number of aliphatic hydroxyl groups is 2. The molecule has 3 aromatic heterocycles. The number of carbonyl (C=O) groups excluding carboxylic acids is 1. The Labute approximate surface area is 267 Å². The van der Waals surface area contributed by atoms with Crippen LogP contribution in [-0.2, 0) is 9.47 Å². The van der Waals surface area contributed by atoms with E-state index in [0.717, 1.165) is 43.2 Å². The van der Waals surface area contributed by atoms with Gasteiger partial charge in [-0.2, -0.15) is 5.10 Å². The minimum absolute atomic E-state index is 0.0901. The number of amides is 1. The quantitative estimate of drug-likeness (QED) is 0.305. The highest BCUT2D eigenvalue weighted by molar-refractivity contribution is 9.10. The molecule has 6 rings (SSSR count). The van der Waals surface area contributed by atoms with Crippen molar-refractivity contribution in [1.29, 1.82) is 0 Å². The fourth-order valence-corrected chi connectivity index (χ4v) is 7.74. The van der Waals surface area contributed by atoms with E-state index in [1.165, 1.54) is 41.1 Å². The molecule has 1 amide bonds. The number of nitrogens with zero attached hydrogens (tertiary/aromatic N) is 7. The number of rotatable bonds is 11. The van der Waals surface area contributed by atoms with E-state index in [1.807, 2.05) is 11.0 Å². The minimum Gasteiger partial charge on any atom is -0.394 e. The van der Waals surface area contributed by atoms with Gasteiger partial charge in [0.25, 0.3) is 5.91 Å². The van der Waals surface area contributed by atoms with Crippen molar-refractivity contribution in [3.8, 4) is 5.82 Å². The van der Waals surface area contributed by atoms with E-state index in [0.29, 0.717) is 33.4 Å². The molecular formula is C28H35BrClN7O5S. The predicted molar refractivity (Wildman–Crippen MR) is 162 cm³/mol. The van der Waals surface area contributed by atoms with Gasteiger partial charge in [-0.1, -0.05) is 41.4 Å². The zero-order chi connectivity index (χ0) is 30.1. The van der Waals surface area contributed by atoms with Crippen molar-refractivity contribution in [3.05, 3.63) is 46.0 Å². The number of hydrogen-bond donors (Lipinski definition) is 2. The third-order valence-corrected chi connectivity index (χ3v) is 10.5. The monoisotopic (exact) mass is 695 g/mol. The molecule has 2 saturated carbocycles. The first-order valence-electron chi connectivity index (χ1n) is 14.6. The van der Waals surface area contributed by atoms with Crippen LogP contribution in [0.1, 0.15) is 55.1 Å². The van der Waals surface area contributed by atoms with E-state index in [4.69, 9.17) is 21.1 Å². The van der Waals surface area contributed by atoms with Gasteiger partial charge in [0.1, 0.15) is 35.5 Å². The number of carbonyl (C=O) groups is 1. The van der Waals surface area contributed by atoms with Crippen LogP contribution < -0.4 is 0 Å². The van der Waals surface area contributed by atoms with Crippen LogP contribution in [0.15, 0.2) is 40.1 Å². The van der Waals surface area contributed by atoms with Gasteiger partial charge >= 0.3 is 0 Å². The second-order valence-corrected chi connectivity index (χ2v) is 13.9. The molecule has 5 atom stereocenters. The van der Waals surface area contributed by atoms with Gasteiger partial charge in [0.05, 0.1) is 12.8 Å². The number of thioether (sulfide) groups is 1. The Morgan fingerprint density at radius 2 is 1.98 bits per heavy atom. The summed E-state index contributed by atoms with van der Waals surface area (Å²) in [6.45, 7) is 1.06. The Balaban J connectivity index is 1.28. The van der Waals surface area contributed by atoms with Crippen molar-refractivity contribution in [1.82, 2.24) is 34.7 Å². The molecule has 232 valence electrons. The van der Waals surface area contributed by atoms with Crippen LogP contribution in [0.3, 0.4) is 0 Å². The Morgan fingerprint density at radius 1 is 1.26 bits per heavy atom. The number of aliphatic hydroxyl groups excluding tert-OH is 2. The summed E-state index contributed by atoms with van der Waals surface area (Å²) in [6, 6.07) is 2.71. The lowest BCUT2D eigenvalue weighted by atomic mass is 9.82. The Hall–Kier alpha value is -2.07. The number of aromatic nitrogens is 6. The largest absolute Gasteiger partial charge is 0.394 e. The third kappa shape index (κ3) is 6.65. The maximum Gasteiger partial charge on any atom is 0.273 e. The lowest BCUT2D eigenvalue weighted by molar-refractivity contribution is -0.186. The van der Waals surface area contributed by atoms with E-state index in [-0.39, 0.29) is 5.91 Å². The lowest BCUT2D eigenvalue weighted by Gasteiger charge is -2.43. The summed E-state index contributed by atoms with van der Waals surface area (Å²) in [4.78, 5) is 21.3. The number of methoxy groups -OCH3 is 1. The molecule has 2 unspecified atom stereocenters. The Bertz CT molecular complexity index is 1400. The highest BCUT2D eigenvalue weighted by Gasteiger charge is 2.48. The summed E-state index contributed by atoms with van der Waals surface area (Å²) in [5.41, 5.74) is -0.371.